The van der Waals surface area contributed by atoms with E-state index < -0.39 is 0 Å². The topological polar surface area (TPSA) is 21.3 Å². The predicted molar refractivity (Wildman–Crippen MR) is 89.9 cm³/mol. The van der Waals surface area contributed by atoms with E-state index in [9.17, 15) is 0 Å². The lowest BCUT2D eigenvalue weighted by Gasteiger charge is -2.33. The van der Waals surface area contributed by atoms with Crippen LogP contribution >= 0.6 is 0 Å². The maximum Gasteiger partial charge on any atom is 0.118 e. The van der Waals surface area contributed by atoms with Crippen LogP contribution in [0.1, 0.15) is 51.5 Å². The Bertz CT molecular complexity index is 457. The van der Waals surface area contributed by atoms with Gasteiger partial charge in [0.15, 0.2) is 0 Å². The van der Waals surface area contributed by atoms with Gasteiger partial charge >= 0.3 is 0 Å². The molecule has 0 saturated heterocycles. The van der Waals surface area contributed by atoms with Crippen LogP contribution in [0.4, 0.5) is 0 Å². The van der Waals surface area contributed by atoms with Crippen molar-refractivity contribution < 1.29 is 4.74 Å². The van der Waals surface area contributed by atoms with E-state index in [1.165, 1.54) is 37.7 Å². The molecule has 0 radical (unpaired) electrons. The number of hydrogen-bond acceptors (Lipinski definition) is 2. The molecular formula is C19H29NO. The van der Waals surface area contributed by atoms with Crippen molar-refractivity contribution in [2.45, 2.75) is 58.4 Å². The van der Waals surface area contributed by atoms with Crippen LogP contribution in [0.5, 0.6) is 5.75 Å². The number of ether oxygens (including phenoxy) is 1. The standard InChI is InChI=1S/C17H23NO.C2H6/c1-19-15-8-6-13(7-9-15)12-17-16-5-3-2-4-14(16)10-11-18-17;1-2/h6-9,17-18H,2-5,10-12H2,1H3;1-2H3. The molecule has 1 atom stereocenters. The fraction of sp³-hybridized carbons (Fsp3) is 0.579. The van der Waals surface area contributed by atoms with E-state index >= 15 is 0 Å². The second-order valence-corrected chi connectivity index (χ2v) is 5.64. The summed E-state index contributed by atoms with van der Waals surface area (Å²) in [5, 5.41) is 3.71. The van der Waals surface area contributed by atoms with Crippen LogP contribution in [0, 0.1) is 0 Å². The molecule has 0 aromatic heterocycles. The summed E-state index contributed by atoms with van der Waals surface area (Å²) in [6.45, 7) is 5.15. The largest absolute Gasteiger partial charge is 0.497 e. The molecule has 2 heteroatoms. The third-order valence-corrected chi connectivity index (χ3v) is 4.47. The maximum absolute atomic E-state index is 5.22. The fourth-order valence-electron chi connectivity index (χ4n) is 3.41. The zero-order valence-electron chi connectivity index (χ0n) is 13.7. The van der Waals surface area contributed by atoms with Crippen LogP contribution in [0.3, 0.4) is 0 Å². The number of methoxy groups -OCH3 is 1. The molecule has 0 amide bonds. The molecule has 116 valence electrons. The normalized spacial score (nSPS) is 21.2. The number of nitrogens with one attached hydrogen (secondary N) is 1. The first-order valence-corrected chi connectivity index (χ1v) is 8.44. The summed E-state index contributed by atoms with van der Waals surface area (Å²) in [5.74, 6) is 0.943. The highest BCUT2D eigenvalue weighted by atomic mass is 16.5. The van der Waals surface area contributed by atoms with Gasteiger partial charge in [-0.1, -0.05) is 37.1 Å². The average molecular weight is 287 g/mol. The van der Waals surface area contributed by atoms with E-state index in [0.717, 1.165) is 18.7 Å². The lowest BCUT2D eigenvalue weighted by Crippen LogP contribution is -2.39. The average Bonchev–Trinajstić information content (AvgIpc) is 2.58. The van der Waals surface area contributed by atoms with Crippen molar-refractivity contribution in [3.63, 3.8) is 0 Å². The van der Waals surface area contributed by atoms with Gasteiger partial charge in [-0.25, -0.2) is 0 Å². The molecule has 2 nitrogen and oxygen atoms in total. The molecule has 1 N–H and O–H groups in total. The van der Waals surface area contributed by atoms with Crippen molar-refractivity contribution in [2.75, 3.05) is 13.7 Å². The molecule has 3 rings (SSSR count). The Labute approximate surface area is 129 Å². The smallest absolute Gasteiger partial charge is 0.118 e. The van der Waals surface area contributed by atoms with Crippen LogP contribution in [0.25, 0.3) is 0 Å². The van der Waals surface area contributed by atoms with Crippen LogP contribution in [0.15, 0.2) is 35.4 Å². The van der Waals surface area contributed by atoms with E-state index in [1.54, 1.807) is 18.3 Å². The monoisotopic (exact) mass is 287 g/mol. The maximum atomic E-state index is 5.22. The summed E-state index contributed by atoms with van der Waals surface area (Å²) in [7, 11) is 1.72. The minimum Gasteiger partial charge on any atom is -0.497 e. The number of hydrogen-bond donors (Lipinski definition) is 1. The van der Waals surface area contributed by atoms with E-state index in [-0.39, 0.29) is 0 Å². The predicted octanol–water partition coefficient (Wildman–Crippen LogP) is 4.50. The Kier molecular flexibility index (Phi) is 6.31. The molecule has 1 aromatic rings. The van der Waals surface area contributed by atoms with E-state index in [2.05, 4.69) is 29.6 Å². The zero-order chi connectivity index (χ0) is 15.1. The summed E-state index contributed by atoms with van der Waals surface area (Å²) in [6, 6.07) is 9.08. The molecule has 0 spiro atoms. The first-order chi connectivity index (χ1) is 10.4. The Hall–Kier alpha value is -1.28. The van der Waals surface area contributed by atoms with Gasteiger partial charge in [-0.05, 0) is 62.8 Å². The van der Waals surface area contributed by atoms with Crippen molar-refractivity contribution in [1.29, 1.82) is 0 Å². The van der Waals surface area contributed by atoms with Gasteiger partial charge in [-0.2, -0.15) is 0 Å². The summed E-state index contributed by atoms with van der Waals surface area (Å²) < 4.78 is 5.22. The molecule has 1 unspecified atom stereocenters. The van der Waals surface area contributed by atoms with Gasteiger partial charge in [-0.15, -0.1) is 0 Å². The van der Waals surface area contributed by atoms with Crippen molar-refractivity contribution in [3.05, 3.63) is 41.0 Å². The van der Waals surface area contributed by atoms with Gasteiger partial charge in [0.25, 0.3) is 0 Å². The van der Waals surface area contributed by atoms with E-state index in [1.807, 2.05) is 13.8 Å². The molecule has 0 saturated carbocycles. The van der Waals surface area contributed by atoms with Crippen molar-refractivity contribution in [1.82, 2.24) is 5.32 Å². The Morgan fingerprint density at radius 2 is 1.76 bits per heavy atom. The van der Waals surface area contributed by atoms with Crippen LogP contribution < -0.4 is 10.1 Å². The molecule has 0 bridgehead atoms. The molecule has 0 fully saturated rings. The Morgan fingerprint density at radius 3 is 2.48 bits per heavy atom. The molecule has 1 aromatic carbocycles. The fourth-order valence-corrected chi connectivity index (χ4v) is 3.41. The van der Waals surface area contributed by atoms with Gasteiger partial charge < -0.3 is 10.1 Å². The highest BCUT2D eigenvalue weighted by Crippen LogP contribution is 2.32. The third-order valence-electron chi connectivity index (χ3n) is 4.47. The van der Waals surface area contributed by atoms with Gasteiger partial charge in [0.1, 0.15) is 5.75 Å². The highest BCUT2D eigenvalue weighted by Gasteiger charge is 2.24. The SMILES string of the molecule is CC.COc1ccc(CC2NCCC3=C2CCCC3)cc1. The lowest BCUT2D eigenvalue weighted by atomic mass is 9.81. The Morgan fingerprint density at radius 1 is 1.05 bits per heavy atom. The summed E-state index contributed by atoms with van der Waals surface area (Å²) in [4.78, 5) is 0. The zero-order valence-corrected chi connectivity index (χ0v) is 13.7. The van der Waals surface area contributed by atoms with Crippen molar-refractivity contribution in [2.24, 2.45) is 0 Å². The van der Waals surface area contributed by atoms with Crippen molar-refractivity contribution in [3.8, 4) is 5.75 Å². The first-order valence-electron chi connectivity index (χ1n) is 8.44. The minimum atomic E-state index is 0.567. The van der Waals surface area contributed by atoms with Gasteiger partial charge in [0.05, 0.1) is 7.11 Å². The summed E-state index contributed by atoms with van der Waals surface area (Å²) in [5.41, 5.74) is 4.87. The molecule has 1 heterocycles. The summed E-state index contributed by atoms with van der Waals surface area (Å²) >= 11 is 0. The Balaban J connectivity index is 0.000000774. The highest BCUT2D eigenvalue weighted by molar-refractivity contribution is 5.31. The van der Waals surface area contributed by atoms with Crippen LogP contribution in [-0.4, -0.2) is 19.7 Å². The van der Waals surface area contributed by atoms with E-state index in [4.69, 9.17) is 4.74 Å². The molecule has 2 aliphatic rings. The van der Waals surface area contributed by atoms with Crippen LogP contribution in [0.2, 0.25) is 0 Å². The van der Waals surface area contributed by atoms with Crippen LogP contribution in [-0.2, 0) is 6.42 Å². The quantitative estimate of drug-likeness (QED) is 0.827. The summed E-state index contributed by atoms with van der Waals surface area (Å²) in [6.07, 6.45) is 7.81. The van der Waals surface area contributed by atoms with E-state index in [0.29, 0.717) is 6.04 Å². The van der Waals surface area contributed by atoms with Gasteiger partial charge in [0.2, 0.25) is 0 Å². The minimum absolute atomic E-state index is 0.567. The lowest BCUT2D eigenvalue weighted by molar-refractivity contribution is 0.414. The van der Waals surface area contributed by atoms with Gasteiger partial charge in [-0.3, -0.25) is 0 Å². The molecular weight excluding hydrogens is 258 g/mol. The molecule has 1 aliphatic heterocycles. The molecule has 21 heavy (non-hydrogen) atoms. The van der Waals surface area contributed by atoms with Crippen molar-refractivity contribution >= 4 is 0 Å². The molecule has 1 aliphatic carbocycles. The van der Waals surface area contributed by atoms with Gasteiger partial charge in [0, 0.05) is 6.04 Å². The number of benzene rings is 1. The first kappa shape index (κ1) is 16.1. The second-order valence-electron chi connectivity index (χ2n) is 5.64. The number of rotatable bonds is 3. The second kappa shape index (κ2) is 8.23. The third kappa shape index (κ3) is 4.10.